The van der Waals surface area contributed by atoms with Crippen molar-refractivity contribution in [3.05, 3.63) is 94.5 Å². The molecular weight excluding hydrogens is 454 g/mol. The topological polar surface area (TPSA) is 123 Å². The molecule has 0 aliphatic carbocycles. The largest absolute Gasteiger partial charge is 0.507 e. The number of nitrogens with one attached hydrogen (secondary N) is 1. The second kappa shape index (κ2) is 10.6. The first-order valence-corrected chi connectivity index (χ1v) is 11.4. The predicted molar refractivity (Wildman–Crippen MR) is 130 cm³/mol. The fourth-order valence-electron chi connectivity index (χ4n) is 3.40. The monoisotopic (exact) mass is 475 g/mol. The quantitative estimate of drug-likeness (QED) is 0.207. The highest BCUT2D eigenvalue weighted by atomic mass is 32.2. The number of nitro benzene ring substituents is 1. The standard InChI is InChI=1S/C24H21N5O4S/c30-21-13-7-4-10-18(21)23-26-27-24(28(23)15-14-17-8-2-1-3-9-17)34-16-22(31)25-19-11-5-6-12-20(19)29(32)33/h1-13,30H,14-16H2,(H,25,31). The van der Waals surface area contributed by atoms with Crippen molar-refractivity contribution in [3.8, 4) is 17.1 Å². The van der Waals surface area contributed by atoms with Crippen LogP contribution >= 0.6 is 11.8 Å². The van der Waals surface area contributed by atoms with Crippen molar-refractivity contribution in [2.75, 3.05) is 11.1 Å². The van der Waals surface area contributed by atoms with Crippen LogP contribution in [0.15, 0.2) is 84.0 Å². The second-order valence-electron chi connectivity index (χ2n) is 7.32. The van der Waals surface area contributed by atoms with Crippen LogP contribution in [-0.4, -0.2) is 36.5 Å². The Morgan fingerprint density at radius 3 is 2.47 bits per heavy atom. The number of rotatable bonds is 9. The van der Waals surface area contributed by atoms with Crippen LogP contribution in [0.5, 0.6) is 5.75 Å². The first-order valence-electron chi connectivity index (χ1n) is 10.4. The Morgan fingerprint density at radius 2 is 1.71 bits per heavy atom. The molecule has 172 valence electrons. The number of amides is 1. The number of carbonyl (C=O) groups excluding carboxylic acids is 1. The van der Waals surface area contributed by atoms with Gasteiger partial charge >= 0.3 is 0 Å². The Kier molecular flexibility index (Phi) is 7.19. The Bertz CT molecular complexity index is 1310. The summed E-state index contributed by atoms with van der Waals surface area (Å²) in [6, 6.07) is 22.8. The van der Waals surface area contributed by atoms with Crippen molar-refractivity contribution in [1.29, 1.82) is 0 Å². The zero-order valence-corrected chi connectivity index (χ0v) is 18.8. The van der Waals surface area contributed by atoms with E-state index in [1.165, 1.54) is 30.0 Å². The maximum atomic E-state index is 12.5. The van der Waals surface area contributed by atoms with E-state index in [0.29, 0.717) is 29.5 Å². The van der Waals surface area contributed by atoms with Gasteiger partial charge < -0.3 is 15.0 Å². The van der Waals surface area contributed by atoms with E-state index in [2.05, 4.69) is 15.5 Å². The van der Waals surface area contributed by atoms with Crippen LogP contribution in [0, 0.1) is 10.1 Å². The van der Waals surface area contributed by atoms with Gasteiger partial charge in [0.2, 0.25) is 5.91 Å². The van der Waals surface area contributed by atoms with Crippen molar-refractivity contribution in [2.45, 2.75) is 18.1 Å². The van der Waals surface area contributed by atoms with Gasteiger partial charge in [0, 0.05) is 12.6 Å². The Hall–Kier alpha value is -4.18. The Balaban J connectivity index is 1.53. The third kappa shape index (κ3) is 5.41. The maximum Gasteiger partial charge on any atom is 0.292 e. The SMILES string of the molecule is O=C(CSc1nnc(-c2ccccc2O)n1CCc1ccccc1)Nc1ccccc1[N+](=O)[O-]. The van der Waals surface area contributed by atoms with Crippen molar-refractivity contribution in [3.63, 3.8) is 0 Å². The highest BCUT2D eigenvalue weighted by Gasteiger charge is 2.19. The molecule has 0 aliphatic heterocycles. The molecule has 3 aromatic carbocycles. The normalized spacial score (nSPS) is 10.7. The molecule has 4 rings (SSSR count). The number of benzene rings is 3. The first kappa shape index (κ1) is 23.0. The zero-order chi connectivity index (χ0) is 23.9. The summed E-state index contributed by atoms with van der Waals surface area (Å²) >= 11 is 1.17. The molecule has 0 aliphatic rings. The molecule has 0 radical (unpaired) electrons. The number of anilines is 1. The summed E-state index contributed by atoms with van der Waals surface area (Å²) in [5, 5.41) is 33.1. The van der Waals surface area contributed by atoms with E-state index in [1.807, 2.05) is 34.9 Å². The molecule has 0 unspecified atom stereocenters. The number of phenolic OH excluding ortho intramolecular Hbond substituents is 1. The molecule has 0 bridgehead atoms. The van der Waals surface area contributed by atoms with Gasteiger partial charge in [-0.25, -0.2) is 0 Å². The number of aryl methyl sites for hydroxylation is 1. The van der Waals surface area contributed by atoms with Gasteiger partial charge in [-0.1, -0.05) is 66.4 Å². The van der Waals surface area contributed by atoms with E-state index < -0.39 is 10.8 Å². The third-order valence-electron chi connectivity index (χ3n) is 5.04. The van der Waals surface area contributed by atoms with Crippen molar-refractivity contribution >= 4 is 29.0 Å². The van der Waals surface area contributed by atoms with Gasteiger partial charge in [-0.3, -0.25) is 14.9 Å². The van der Waals surface area contributed by atoms with Crippen molar-refractivity contribution < 1.29 is 14.8 Å². The van der Waals surface area contributed by atoms with Gasteiger partial charge in [0.1, 0.15) is 11.4 Å². The number of phenols is 1. The fraction of sp³-hybridized carbons (Fsp3) is 0.125. The van der Waals surface area contributed by atoms with Gasteiger partial charge in [0.25, 0.3) is 5.69 Å². The number of aromatic nitrogens is 3. The molecule has 2 N–H and O–H groups in total. The maximum absolute atomic E-state index is 12.5. The minimum absolute atomic E-state index is 0.0176. The number of hydrogen-bond donors (Lipinski definition) is 2. The van der Waals surface area contributed by atoms with Crippen LogP contribution in [0.2, 0.25) is 0 Å². The number of hydrogen-bond acceptors (Lipinski definition) is 7. The molecule has 0 saturated heterocycles. The first-order chi connectivity index (χ1) is 16.5. The Labute approximate surface area is 199 Å². The average Bonchev–Trinajstić information content (AvgIpc) is 3.25. The lowest BCUT2D eigenvalue weighted by Gasteiger charge is -2.11. The summed E-state index contributed by atoms with van der Waals surface area (Å²) in [6.45, 7) is 0.536. The van der Waals surface area contributed by atoms with Crippen molar-refractivity contribution in [2.24, 2.45) is 0 Å². The molecule has 10 heteroatoms. The Morgan fingerprint density at radius 1 is 1.00 bits per heavy atom. The van der Waals surface area contributed by atoms with Crippen LogP contribution in [0.3, 0.4) is 0 Å². The van der Waals surface area contributed by atoms with E-state index >= 15 is 0 Å². The molecule has 1 aromatic heterocycles. The highest BCUT2D eigenvalue weighted by Crippen LogP contribution is 2.31. The van der Waals surface area contributed by atoms with E-state index in [-0.39, 0.29) is 22.9 Å². The minimum atomic E-state index is -0.540. The summed E-state index contributed by atoms with van der Waals surface area (Å²) in [5.41, 5.74) is 1.64. The molecule has 34 heavy (non-hydrogen) atoms. The van der Waals surface area contributed by atoms with E-state index in [1.54, 1.807) is 30.3 Å². The van der Waals surface area contributed by atoms with Crippen LogP contribution < -0.4 is 5.32 Å². The van der Waals surface area contributed by atoms with Gasteiger partial charge in [0.15, 0.2) is 11.0 Å². The molecule has 1 amide bonds. The number of nitro groups is 1. The van der Waals surface area contributed by atoms with E-state index in [9.17, 15) is 20.0 Å². The zero-order valence-electron chi connectivity index (χ0n) is 18.0. The minimum Gasteiger partial charge on any atom is -0.507 e. The third-order valence-corrected chi connectivity index (χ3v) is 6.00. The van der Waals surface area contributed by atoms with Gasteiger partial charge in [0.05, 0.1) is 16.2 Å². The fourth-order valence-corrected chi connectivity index (χ4v) is 4.16. The van der Waals surface area contributed by atoms with Crippen LogP contribution in [0.1, 0.15) is 5.56 Å². The molecule has 4 aromatic rings. The molecule has 0 fully saturated rings. The van der Waals surface area contributed by atoms with Gasteiger partial charge in [-0.05, 0) is 30.2 Å². The number of thioether (sulfide) groups is 1. The lowest BCUT2D eigenvalue weighted by molar-refractivity contribution is -0.383. The van der Waals surface area contributed by atoms with Crippen LogP contribution in [-0.2, 0) is 17.8 Å². The van der Waals surface area contributed by atoms with E-state index in [4.69, 9.17) is 0 Å². The smallest absolute Gasteiger partial charge is 0.292 e. The molecular formula is C24H21N5O4S. The van der Waals surface area contributed by atoms with E-state index in [0.717, 1.165) is 5.56 Å². The lowest BCUT2D eigenvalue weighted by Crippen LogP contribution is -2.16. The van der Waals surface area contributed by atoms with Gasteiger partial charge in [-0.15, -0.1) is 10.2 Å². The van der Waals surface area contributed by atoms with Crippen molar-refractivity contribution in [1.82, 2.24) is 14.8 Å². The molecule has 0 saturated carbocycles. The number of nitrogens with zero attached hydrogens (tertiary/aromatic N) is 4. The number of para-hydroxylation sites is 3. The molecule has 1 heterocycles. The summed E-state index contributed by atoms with van der Waals surface area (Å²) < 4.78 is 1.87. The number of carbonyl (C=O) groups is 1. The lowest BCUT2D eigenvalue weighted by atomic mass is 10.1. The summed E-state index contributed by atoms with van der Waals surface area (Å²) in [5.74, 6) is 0.161. The highest BCUT2D eigenvalue weighted by molar-refractivity contribution is 7.99. The number of aromatic hydroxyl groups is 1. The summed E-state index contributed by atoms with van der Waals surface area (Å²) in [4.78, 5) is 23.2. The van der Waals surface area contributed by atoms with Crippen LogP contribution in [0.25, 0.3) is 11.4 Å². The van der Waals surface area contributed by atoms with Crippen LogP contribution in [0.4, 0.5) is 11.4 Å². The summed E-state index contributed by atoms with van der Waals surface area (Å²) in [7, 11) is 0. The molecule has 0 spiro atoms. The second-order valence-corrected chi connectivity index (χ2v) is 8.26. The molecule has 0 atom stereocenters. The predicted octanol–water partition coefficient (Wildman–Crippen LogP) is 4.53. The van der Waals surface area contributed by atoms with Gasteiger partial charge in [-0.2, -0.15) is 0 Å². The molecule has 9 nitrogen and oxygen atoms in total. The average molecular weight is 476 g/mol. The summed E-state index contributed by atoms with van der Waals surface area (Å²) in [6.07, 6.45) is 0.704.